The number of phosphoric acid groups is 3. The number of carbonyl (C=O) groups is 4. The van der Waals surface area contributed by atoms with Crippen molar-refractivity contribution in [2.24, 2.45) is 5.41 Å². The van der Waals surface area contributed by atoms with Crippen LogP contribution in [0.15, 0.2) is 12.7 Å². The van der Waals surface area contributed by atoms with Crippen molar-refractivity contribution in [3.05, 3.63) is 12.7 Å². The Morgan fingerprint density at radius 1 is 0.819 bits per heavy atom. The number of anilines is 1. The zero-order valence-electron chi connectivity index (χ0n) is 41.4. The van der Waals surface area contributed by atoms with Gasteiger partial charge in [0.25, 0.3) is 0 Å². The van der Waals surface area contributed by atoms with Crippen LogP contribution in [-0.4, -0.2) is 128 Å². The molecule has 29 heteroatoms. The van der Waals surface area contributed by atoms with Crippen LogP contribution < -0.4 is 16.4 Å². The van der Waals surface area contributed by atoms with E-state index in [0.29, 0.717) is 6.42 Å². The number of phosphoric ester groups is 3. The molecule has 2 amide bonds. The molecule has 0 aliphatic carbocycles. The summed E-state index contributed by atoms with van der Waals surface area (Å²) in [4.78, 5) is 101. The minimum Gasteiger partial charge on any atom is -0.386 e. The highest BCUT2D eigenvalue weighted by Crippen LogP contribution is 2.61. The van der Waals surface area contributed by atoms with Crippen molar-refractivity contribution in [3.8, 4) is 0 Å². The van der Waals surface area contributed by atoms with Gasteiger partial charge < -0.3 is 50.9 Å². The van der Waals surface area contributed by atoms with Crippen molar-refractivity contribution < 1.29 is 85.3 Å². The molecule has 7 atom stereocenters. The lowest BCUT2D eigenvalue weighted by molar-refractivity contribution is -0.137. The summed E-state index contributed by atoms with van der Waals surface area (Å²) < 4.78 is 62.5. The molecule has 2 aromatic rings. The van der Waals surface area contributed by atoms with Crippen LogP contribution in [0.5, 0.6) is 0 Å². The van der Waals surface area contributed by atoms with E-state index in [2.05, 4.69) is 41.3 Å². The van der Waals surface area contributed by atoms with Crippen LogP contribution in [-0.2, 0) is 55.5 Å². The fourth-order valence-electron chi connectivity index (χ4n) is 7.64. The van der Waals surface area contributed by atoms with Crippen molar-refractivity contribution >= 4 is 74.9 Å². The molecule has 1 aliphatic heterocycles. The molecule has 72 heavy (non-hydrogen) atoms. The number of imidazole rings is 1. The van der Waals surface area contributed by atoms with E-state index < -0.39 is 84.6 Å². The first kappa shape index (κ1) is 63.5. The molecular formula is C43H76N7O18P3S. The molecule has 25 nitrogen and oxygen atoms in total. The third kappa shape index (κ3) is 24.3. The van der Waals surface area contributed by atoms with Gasteiger partial charge in [-0.2, -0.15) is 4.31 Å². The Morgan fingerprint density at radius 3 is 1.97 bits per heavy atom. The van der Waals surface area contributed by atoms with Crippen LogP contribution >= 0.6 is 35.2 Å². The van der Waals surface area contributed by atoms with Crippen LogP contribution in [0.1, 0.15) is 155 Å². The van der Waals surface area contributed by atoms with Crippen LogP contribution in [0.25, 0.3) is 11.2 Å². The number of nitrogens with two attached hydrogens (primary N) is 1. The number of amides is 2. The number of aromatic nitrogens is 4. The average molecular weight is 1100 g/mol. The summed E-state index contributed by atoms with van der Waals surface area (Å²) in [5.41, 5.74) is 4.25. The first-order valence-corrected chi connectivity index (χ1v) is 30.0. The first-order valence-electron chi connectivity index (χ1n) is 24.5. The summed E-state index contributed by atoms with van der Waals surface area (Å²) in [7, 11) is -16.5. The van der Waals surface area contributed by atoms with Gasteiger partial charge in [0.15, 0.2) is 22.8 Å². The van der Waals surface area contributed by atoms with Gasteiger partial charge in [0.05, 0.1) is 26.0 Å². The minimum atomic E-state index is -5.59. The zero-order valence-corrected chi connectivity index (χ0v) is 44.9. The fraction of sp³-hybridized carbons (Fsp3) is 0.791. The number of hydrogen-bond acceptors (Lipinski definition) is 19. The monoisotopic (exact) mass is 1100 g/mol. The molecule has 2 aromatic heterocycles. The highest BCUT2D eigenvalue weighted by atomic mass is 32.2. The number of unbranched alkanes of at least 4 members (excludes halogenated alkanes) is 16. The van der Waals surface area contributed by atoms with Gasteiger partial charge in [-0.25, -0.2) is 28.6 Å². The third-order valence-corrected chi connectivity index (χ3v) is 15.6. The highest BCUT2D eigenvalue weighted by molar-refractivity contribution is 8.13. The number of fused-ring (bicyclic) bond motifs is 1. The topological polar surface area (TPSA) is 381 Å². The van der Waals surface area contributed by atoms with Gasteiger partial charge >= 0.3 is 23.5 Å². The van der Waals surface area contributed by atoms with E-state index in [0.717, 1.165) is 54.7 Å². The van der Waals surface area contributed by atoms with Crippen LogP contribution in [0, 0.1) is 5.41 Å². The summed E-state index contributed by atoms with van der Waals surface area (Å²) in [6.07, 6.45) is 14.4. The second-order valence-corrected chi connectivity index (χ2v) is 23.8. The molecule has 0 saturated carbocycles. The number of nitrogens with one attached hydrogen (secondary N) is 2. The Bertz CT molecular complexity index is 2150. The summed E-state index contributed by atoms with van der Waals surface area (Å²) >= 11 is 0.943. The summed E-state index contributed by atoms with van der Waals surface area (Å²) in [6, 6.07) is 0. The zero-order chi connectivity index (χ0) is 53.4. The standard InChI is InChI=1S/C43H76N7O18P3S/c1-4-5-6-7-8-9-10-11-12-13-14-15-16-17-18-19-20-21-31(51)26-34(53)72-25-24-45-33(52)22-23-46-41(56)38(55)43(2,3)28-65-71(62,63)68-70(60,61)64-27-32-37(67-69(57,58)59)36(54)42(66-32)50-30-49-35-39(44)47-29-48-40(35)50/h29-30,32,36-38,42,54-55H,4-28H2,1-3H3,(H,45,52)(H,46,56)(H,60,61)(H,62,63)(H2,44,47,48)(H2,57,58,59)/t32-,36?,37?,38+,42-/m1/s1. The van der Waals surface area contributed by atoms with Gasteiger partial charge in [-0.05, 0) is 6.42 Å². The smallest absolute Gasteiger partial charge is 0.386 e. The third-order valence-electron chi connectivity index (χ3n) is 11.7. The molecule has 0 bridgehead atoms. The average Bonchev–Trinajstić information content (AvgIpc) is 3.86. The second kappa shape index (κ2) is 32.0. The molecule has 1 fully saturated rings. The van der Waals surface area contributed by atoms with Crippen LogP contribution in [0.3, 0.4) is 0 Å². The molecule has 1 saturated heterocycles. The number of nitrogens with zero attached hydrogens (tertiary/aromatic N) is 4. The lowest BCUT2D eigenvalue weighted by Gasteiger charge is -2.30. The molecule has 0 aromatic carbocycles. The molecule has 412 valence electrons. The van der Waals surface area contributed by atoms with Gasteiger partial charge in [-0.15, -0.1) is 0 Å². The van der Waals surface area contributed by atoms with E-state index in [1.807, 2.05) is 0 Å². The Kier molecular flexibility index (Phi) is 28.2. The number of rotatable bonds is 39. The van der Waals surface area contributed by atoms with Gasteiger partial charge in [0, 0.05) is 37.1 Å². The largest absolute Gasteiger partial charge is 0.481 e. The fourth-order valence-corrected chi connectivity index (χ4v) is 11.2. The van der Waals surface area contributed by atoms with Gasteiger partial charge in [-0.1, -0.05) is 135 Å². The van der Waals surface area contributed by atoms with Crippen molar-refractivity contribution in [3.63, 3.8) is 0 Å². The predicted molar refractivity (Wildman–Crippen MR) is 266 cm³/mol. The Labute approximate surface area is 424 Å². The highest BCUT2D eigenvalue weighted by Gasteiger charge is 2.50. The lowest BCUT2D eigenvalue weighted by Crippen LogP contribution is -2.46. The number of aliphatic hydroxyl groups is 2. The molecule has 4 unspecified atom stereocenters. The Morgan fingerprint density at radius 2 is 1.39 bits per heavy atom. The number of Topliss-reactive ketones (excluding diaryl/α,β-unsaturated/α-hetero) is 1. The number of thioether (sulfide) groups is 1. The molecule has 1 aliphatic rings. The number of ether oxygens (including phenoxy) is 1. The number of carbonyl (C=O) groups excluding carboxylic acids is 4. The van der Waals surface area contributed by atoms with Gasteiger partial charge in [-0.3, -0.25) is 37.3 Å². The number of nitrogen functional groups attached to an aromatic ring is 1. The number of aliphatic hydroxyl groups excluding tert-OH is 2. The first-order chi connectivity index (χ1) is 33.9. The number of ketones is 1. The minimum absolute atomic E-state index is 0.0268. The van der Waals surface area contributed by atoms with E-state index in [-0.39, 0.29) is 59.6 Å². The molecule has 3 rings (SSSR count). The van der Waals surface area contributed by atoms with E-state index in [1.165, 1.54) is 97.3 Å². The molecule has 10 N–H and O–H groups in total. The summed E-state index contributed by atoms with van der Waals surface area (Å²) in [6.45, 7) is 2.60. The maximum absolute atomic E-state index is 12.8. The Balaban J connectivity index is 1.26. The van der Waals surface area contributed by atoms with Crippen molar-refractivity contribution in [2.75, 3.05) is 37.8 Å². The van der Waals surface area contributed by atoms with E-state index in [9.17, 15) is 62.7 Å². The maximum atomic E-state index is 12.8. The second-order valence-electron chi connectivity index (χ2n) is 18.4. The van der Waals surface area contributed by atoms with Crippen molar-refractivity contribution in [1.29, 1.82) is 0 Å². The van der Waals surface area contributed by atoms with Gasteiger partial charge in [0.2, 0.25) is 11.8 Å². The summed E-state index contributed by atoms with van der Waals surface area (Å²) in [5, 5.41) is 26.3. The van der Waals surface area contributed by atoms with Crippen molar-refractivity contribution in [2.45, 2.75) is 180 Å². The van der Waals surface area contributed by atoms with Crippen LogP contribution in [0.4, 0.5) is 5.82 Å². The molecule has 0 spiro atoms. The normalized spacial score (nSPS) is 19.5. The van der Waals surface area contributed by atoms with E-state index in [4.69, 9.17) is 19.5 Å². The van der Waals surface area contributed by atoms with Crippen LogP contribution in [0.2, 0.25) is 0 Å². The maximum Gasteiger partial charge on any atom is 0.481 e. The molecule has 3 heterocycles. The van der Waals surface area contributed by atoms with Crippen molar-refractivity contribution in [1.82, 2.24) is 30.2 Å². The molecule has 0 radical (unpaired) electrons. The SMILES string of the molecule is CCCCCCCCCCCCCCCCCCCC(=O)CC(=O)SCCNC(=O)CCNC(=O)[C@H](O)C(C)(C)COP(=O)(O)OP(=O)(O)OC[C@H]1O[C@@H](n2cnc3c(N)ncnc32)C(O)C1OP(=O)(O)O. The lowest BCUT2D eigenvalue weighted by atomic mass is 9.87. The quantitative estimate of drug-likeness (QED) is 0.0221. The molecular weight excluding hydrogens is 1030 g/mol. The predicted octanol–water partition coefficient (Wildman–Crippen LogP) is 5.67. The summed E-state index contributed by atoms with van der Waals surface area (Å²) in [5.74, 6) is -1.38. The van der Waals surface area contributed by atoms with E-state index >= 15 is 0 Å². The van der Waals surface area contributed by atoms with Gasteiger partial charge in [0.1, 0.15) is 42.0 Å². The van der Waals surface area contributed by atoms with E-state index in [1.54, 1.807) is 0 Å². The Hall–Kier alpha value is -2.77. The number of hydrogen-bond donors (Lipinski definition) is 9.